The summed E-state index contributed by atoms with van der Waals surface area (Å²) >= 11 is 6.08. The Morgan fingerprint density at radius 1 is 0.971 bits per heavy atom. The number of non-ortho nitro benzene ring substituents is 1. The molecule has 2 aliphatic rings. The van der Waals surface area contributed by atoms with Crippen LogP contribution in [0.25, 0.3) is 0 Å². The number of nitrogens with one attached hydrogen (secondary N) is 1. The van der Waals surface area contributed by atoms with Crippen LogP contribution in [0.2, 0.25) is 5.02 Å². The second-order valence-corrected chi connectivity index (χ2v) is 9.36. The Balaban J connectivity index is 1.39. The highest BCUT2D eigenvalue weighted by Gasteiger charge is 2.28. The Bertz CT molecular complexity index is 1140. The minimum Gasteiger partial charge on any atom is -0.343 e. The van der Waals surface area contributed by atoms with Crippen molar-refractivity contribution in [2.24, 2.45) is 5.92 Å². The largest absolute Gasteiger partial charge is 0.343 e. The molecule has 4 rings (SSSR count). The number of benzene rings is 2. The predicted octanol–water partition coefficient (Wildman–Crippen LogP) is 4.37. The molecule has 184 valence electrons. The number of hydrogen-bond acceptors (Lipinski definition) is 5. The lowest BCUT2D eigenvalue weighted by Crippen LogP contribution is -2.40. The molecule has 0 unspecified atom stereocenters. The molecular formula is C25H27ClN4O5. The first-order valence-electron chi connectivity index (χ1n) is 11.7. The fourth-order valence-electron chi connectivity index (χ4n) is 4.62. The molecule has 2 aliphatic heterocycles. The van der Waals surface area contributed by atoms with Crippen LogP contribution < -0.4 is 5.32 Å². The fourth-order valence-corrected chi connectivity index (χ4v) is 4.88. The summed E-state index contributed by atoms with van der Waals surface area (Å²) in [4.78, 5) is 52.5. The normalized spacial score (nSPS) is 16.3. The zero-order valence-corrected chi connectivity index (χ0v) is 20.0. The van der Waals surface area contributed by atoms with Gasteiger partial charge < -0.3 is 15.1 Å². The van der Waals surface area contributed by atoms with Gasteiger partial charge in [-0.05, 0) is 49.8 Å². The zero-order valence-electron chi connectivity index (χ0n) is 19.2. The molecule has 0 aliphatic carbocycles. The van der Waals surface area contributed by atoms with Crippen LogP contribution in [0.5, 0.6) is 0 Å². The van der Waals surface area contributed by atoms with E-state index in [1.807, 2.05) is 4.90 Å². The average molecular weight is 499 g/mol. The van der Waals surface area contributed by atoms with E-state index in [1.54, 1.807) is 29.2 Å². The molecule has 2 aromatic carbocycles. The highest BCUT2D eigenvalue weighted by molar-refractivity contribution is 6.34. The van der Waals surface area contributed by atoms with Gasteiger partial charge in [0.2, 0.25) is 5.91 Å². The monoisotopic (exact) mass is 498 g/mol. The number of piperidine rings is 1. The lowest BCUT2D eigenvalue weighted by molar-refractivity contribution is -0.384. The van der Waals surface area contributed by atoms with Gasteiger partial charge in [0.15, 0.2) is 0 Å². The number of nitro groups is 1. The van der Waals surface area contributed by atoms with Crippen molar-refractivity contribution in [3.8, 4) is 0 Å². The molecule has 0 spiro atoms. The van der Waals surface area contributed by atoms with Crippen LogP contribution in [0.3, 0.4) is 0 Å². The van der Waals surface area contributed by atoms with Gasteiger partial charge in [-0.3, -0.25) is 24.5 Å². The topological polar surface area (TPSA) is 113 Å². The summed E-state index contributed by atoms with van der Waals surface area (Å²) in [7, 11) is 0. The Morgan fingerprint density at radius 2 is 1.66 bits per heavy atom. The van der Waals surface area contributed by atoms with Crippen LogP contribution in [0.1, 0.15) is 52.8 Å². The molecule has 0 saturated carbocycles. The van der Waals surface area contributed by atoms with Crippen molar-refractivity contribution < 1.29 is 19.3 Å². The maximum Gasteiger partial charge on any atom is 0.270 e. The third-order valence-corrected chi connectivity index (χ3v) is 6.95. The quantitative estimate of drug-likeness (QED) is 0.469. The summed E-state index contributed by atoms with van der Waals surface area (Å²) in [6.07, 6.45) is 4.21. The molecule has 2 heterocycles. The molecule has 10 heteroatoms. The number of amides is 3. The summed E-state index contributed by atoms with van der Waals surface area (Å²) in [5.41, 5.74) is 0.546. The van der Waals surface area contributed by atoms with E-state index in [1.165, 1.54) is 12.1 Å². The molecule has 0 atom stereocenters. The van der Waals surface area contributed by atoms with Crippen molar-refractivity contribution in [1.82, 2.24) is 9.80 Å². The maximum atomic E-state index is 13.3. The maximum absolute atomic E-state index is 13.3. The van der Waals surface area contributed by atoms with Gasteiger partial charge in [-0.2, -0.15) is 0 Å². The highest BCUT2D eigenvalue weighted by atomic mass is 35.5. The van der Waals surface area contributed by atoms with E-state index in [4.69, 9.17) is 11.6 Å². The highest BCUT2D eigenvalue weighted by Crippen LogP contribution is 2.27. The fraction of sp³-hybridized carbons (Fsp3) is 0.400. The molecule has 35 heavy (non-hydrogen) atoms. The van der Waals surface area contributed by atoms with Crippen LogP contribution in [-0.2, 0) is 4.79 Å². The summed E-state index contributed by atoms with van der Waals surface area (Å²) in [5, 5.41) is 13.6. The predicted molar refractivity (Wildman–Crippen MR) is 132 cm³/mol. The molecule has 2 aromatic rings. The summed E-state index contributed by atoms with van der Waals surface area (Å²) < 4.78 is 0. The first-order valence-corrected chi connectivity index (χ1v) is 12.1. The Kier molecular flexibility index (Phi) is 7.65. The number of nitro benzene ring substituents is 1. The summed E-state index contributed by atoms with van der Waals surface area (Å²) in [6.45, 7) is 2.80. The average Bonchev–Trinajstić information content (AvgIpc) is 3.39. The minimum atomic E-state index is -0.590. The number of anilines is 1. The van der Waals surface area contributed by atoms with Gasteiger partial charge in [0.1, 0.15) is 0 Å². The van der Waals surface area contributed by atoms with Crippen LogP contribution in [0.4, 0.5) is 11.4 Å². The Hall–Kier alpha value is -3.46. The standard InChI is InChI=1S/C25H27ClN4O5/c26-21-16-18(30(34)35)7-8-19(21)24(32)27-22-6-2-1-5-20(22)25(33)29-13-9-17(10-14-29)15-23(31)28-11-3-4-12-28/h1-2,5-8,16-17H,3-4,9-15H2,(H,27,32). The van der Waals surface area contributed by atoms with Crippen molar-refractivity contribution in [2.75, 3.05) is 31.5 Å². The number of para-hydroxylation sites is 1. The van der Waals surface area contributed by atoms with Gasteiger partial charge in [0, 0.05) is 44.7 Å². The number of carbonyl (C=O) groups excluding carboxylic acids is 3. The number of rotatable bonds is 6. The van der Waals surface area contributed by atoms with Crippen LogP contribution >= 0.6 is 11.6 Å². The van der Waals surface area contributed by atoms with E-state index in [0.717, 1.165) is 44.8 Å². The molecule has 1 N–H and O–H groups in total. The van der Waals surface area contributed by atoms with E-state index in [2.05, 4.69) is 5.32 Å². The number of halogens is 1. The molecule has 2 fully saturated rings. The lowest BCUT2D eigenvalue weighted by Gasteiger charge is -2.33. The van der Waals surface area contributed by atoms with Crippen LogP contribution in [0, 0.1) is 16.0 Å². The van der Waals surface area contributed by atoms with Crippen LogP contribution in [0.15, 0.2) is 42.5 Å². The van der Waals surface area contributed by atoms with Crippen molar-refractivity contribution in [1.29, 1.82) is 0 Å². The first-order chi connectivity index (χ1) is 16.8. The Labute approximate surface area is 208 Å². The first kappa shape index (κ1) is 24.7. The number of nitrogens with zero attached hydrogens (tertiary/aromatic N) is 3. The van der Waals surface area contributed by atoms with E-state index in [0.29, 0.717) is 30.8 Å². The second kappa shape index (κ2) is 10.9. The van der Waals surface area contributed by atoms with Crippen molar-refractivity contribution in [2.45, 2.75) is 32.1 Å². The minimum absolute atomic E-state index is 0.0499. The summed E-state index contributed by atoms with van der Waals surface area (Å²) in [5.74, 6) is -0.277. The zero-order chi connectivity index (χ0) is 24.9. The third kappa shape index (κ3) is 5.79. The van der Waals surface area contributed by atoms with E-state index >= 15 is 0 Å². The third-order valence-electron chi connectivity index (χ3n) is 6.64. The lowest BCUT2D eigenvalue weighted by atomic mass is 9.92. The molecule has 0 bridgehead atoms. The van der Waals surface area contributed by atoms with Gasteiger partial charge in [-0.25, -0.2) is 0 Å². The van der Waals surface area contributed by atoms with Crippen molar-refractivity contribution in [3.05, 3.63) is 68.7 Å². The van der Waals surface area contributed by atoms with Crippen molar-refractivity contribution >= 4 is 40.7 Å². The molecule has 2 saturated heterocycles. The van der Waals surface area contributed by atoms with E-state index in [-0.39, 0.29) is 34.0 Å². The number of carbonyl (C=O) groups is 3. The SMILES string of the molecule is O=C(Nc1ccccc1C(=O)N1CCC(CC(=O)N2CCCC2)CC1)c1ccc([N+](=O)[O-])cc1Cl. The molecule has 9 nitrogen and oxygen atoms in total. The summed E-state index contributed by atoms with van der Waals surface area (Å²) in [6, 6.07) is 10.3. The smallest absolute Gasteiger partial charge is 0.270 e. The number of hydrogen-bond donors (Lipinski definition) is 1. The Morgan fingerprint density at radius 3 is 2.31 bits per heavy atom. The van der Waals surface area contributed by atoms with Crippen LogP contribution in [-0.4, -0.2) is 58.6 Å². The van der Waals surface area contributed by atoms with Gasteiger partial charge >= 0.3 is 0 Å². The molecule has 3 amide bonds. The van der Waals surface area contributed by atoms with Gasteiger partial charge in [0.25, 0.3) is 17.5 Å². The van der Waals surface area contributed by atoms with E-state index in [9.17, 15) is 24.5 Å². The van der Waals surface area contributed by atoms with E-state index < -0.39 is 10.8 Å². The van der Waals surface area contributed by atoms with Gasteiger partial charge in [0.05, 0.1) is 26.8 Å². The molecule has 0 radical (unpaired) electrons. The molecular weight excluding hydrogens is 472 g/mol. The second-order valence-electron chi connectivity index (χ2n) is 8.95. The number of likely N-dealkylation sites (tertiary alicyclic amines) is 2. The molecule has 0 aromatic heterocycles. The van der Waals surface area contributed by atoms with Gasteiger partial charge in [-0.15, -0.1) is 0 Å². The van der Waals surface area contributed by atoms with Crippen molar-refractivity contribution in [3.63, 3.8) is 0 Å². The van der Waals surface area contributed by atoms with Gasteiger partial charge in [-0.1, -0.05) is 23.7 Å².